The molecule has 42 heavy (non-hydrogen) atoms. The van der Waals surface area contributed by atoms with Crippen LogP contribution in [0.25, 0.3) is 5.69 Å². The number of aromatic nitrogens is 4. The van der Waals surface area contributed by atoms with Crippen LogP contribution in [-0.2, 0) is 11.9 Å². The molecule has 1 amide bonds. The summed E-state index contributed by atoms with van der Waals surface area (Å²) < 4.78 is 52.1. The van der Waals surface area contributed by atoms with Gasteiger partial charge < -0.3 is 14.4 Å². The second-order valence-electron chi connectivity index (χ2n) is 10.4. The summed E-state index contributed by atoms with van der Waals surface area (Å²) >= 11 is 1.49. The van der Waals surface area contributed by atoms with Gasteiger partial charge in [0.1, 0.15) is 17.6 Å². The second-order valence-corrected chi connectivity index (χ2v) is 11.3. The number of hydrogen-bond donors (Lipinski definition) is 0. The average molecular weight is 596 g/mol. The lowest BCUT2D eigenvalue weighted by Crippen LogP contribution is -2.49. The first-order chi connectivity index (χ1) is 20.3. The van der Waals surface area contributed by atoms with Gasteiger partial charge in [0.2, 0.25) is 5.16 Å². The standard InChI is InChI=1S/C30H28F3N5O3S/c1-40-25-13-11-22(12-14-25)38-29(34-35-36-38)42-18-19-5-7-20(8-6-19)28(39)37-23-9-10-24(37)17-27(16-23)41-26-4-2-3-21(15-26)30(31,32)33/h2-8,11-15,23-24,27H,9-10,16-18H2,1H3. The van der Waals surface area contributed by atoms with Crippen molar-refractivity contribution < 1.29 is 27.4 Å². The van der Waals surface area contributed by atoms with Gasteiger partial charge in [-0.25, -0.2) is 0 Å². The number of benzene rings is 3. The van der Waals surface area contributed by atoms with Crippen LogP contribution in [0.2, 0.25) is 0 Å². The number of hydrogen-bond acceptors (Lipinski definition) is 7. The van der Waals surface area contributed by atoms with Crippen molar-refractivity contribution in [1.29, 1.82) is 0 Å². The van der Waals surface area contributed by atoms with E-state index in [9.17, 15) is 18.0 Å². The quantitative estimate of drug-likeness (QED) is 0.225. The second kappa shape index (κ2) is 11.7. The van der Waals surface area contributed by atoms with Crippen molar-refractivity contribution in [3.05, 3.63) is 89.5 Å². The van der Waals surface area contributed by atoms with Crippen LogP contribution in [0.1, 0.15) is 47.2 Å². The minimum Gasteiger partial charge on any atom is -0.497 e. The van der Waals surface area contributed by atoms with Gasteiger partial charge in [-0.05, 0) is 83.4 Å². The molecule has 3 aromatic carbocycles. The predicted octanol–water partition coefficient (Wildman–Crippen LogP) is 6.20. The summed E-state index contributed by atoms with van der Waals surface area (Å²) in [5.74, 6) is 1.55. The van der Waals surface area contributed by atoms with Gasteiger partial charge >= 0.3 is 6.18 Å². The average Bonchev–Trinajstić information content (AvgIpc) is 3.57. The van der Waals surface area contributed by atoms with Crippen LogP contribution in [0, 0.1) is 0 Å². The summed E-state index contributed by atoms with van der Waals surface area (Å²) in [6.07, 6.45) is -1.75. The molecule has 2 aliphatic heterocycles. The largest absolute Gasteiger partial charge is 0.497 e. The molecule has 2 bridgehead atoms. The van der Waals surface area contributed by atoms with Gasteiger partial charge in [-0.2, -0.15) is 17.9 Å². The lowest BCUT2D eigenvalue weighted by molar-refractivity contribution is -0.137. The van der Waals surface area contributed by atoms with Crippen molar-refractivity contribution in [2.75, 3.05) is 7.11 Å². The molecule has 2 aliphatic rings. The molecule has 218 valence electrons. The van der Waals surface area contributed by atoms with Crippen LogP contribution in [0.5, 0.6) is 11.5 Å². The van der Waals surface area contributed by atoms with Gasteiger partial charge in [0, 0.05) is 36.2 Å². The number of rotatable bonds is 8. The van der Waals surface area contributed by atoms with E-state index in [0.29, 0.717) is 29.3 Å². The van der Waals surface area contributed by atoms with Gasteiger partial charge in [0.25, 0.3) is 5.91 Å². The fourth-order valence-corrected chi connectivity index (χ4v) is 6.53. The van der Waals surface area contributed by atoms with E-state index in [1.807, 2.05) is 53.4 Å². The molecule has 0 radical (unpaired) electrons. The van der Waals surface area contributed by atoms with Crippen LogP contribution >= 0.6 is 11.8 Å². The highest BCUT2D eigenvalue weighted by Crippen LogP contribution is 2.39. The molecule has 4 aromatic rings. The Morgan fingerprint density at radius 1 is 0.976 bits per heavy atom. The van der Waals surface area contributed by atoms with Crippen LogP contribution in [0.3, 0.4) is 0 Å². The number of tetrazole rings is 1. The Labute approximate surface area is 244 Å². The van der Waals surface area contributed by atoms with E-state index < -0.39 is 11.7 Å². The van der Waals surface area contributed by atoms with Crippen molar-refractivity contribution in [2.45, 2.75) is 61.0 Å². The molecule has 2 fully saturated rings. The number of piperidine rings is 1. The molecule has 2 atom stereocenters. The molecule has 6 rings (SSSR count). The molecule has 8 nitrogen and oxygen atoms in total. The molecular weight excluding hydrogens is 567 g/mol. The number of fused-ring (bicyclic) bond motifs is 2. The summed E-state index contributed by atoms with van der Waals surface area (Å²) in [6.45, 7) is 0. The highest BCUT2D eigenvalue weighted by Gasteiger charge is 2.44. The van der Waals surface area contributed by atoms with Crippen molar-refractivity contribution >= 4 is 17.7 Å². The SMILES string of the molecule is COc1ccc(-n2nnnc2SCc2ccc(C(=O)N3C4CCC3CC(Oc3cccc(C(F)(F)F)c3)C4)cc2)cc1. The minimum atomic E-state index is -4.42. The Kier molecular flexibility index (Phi) is 7.80. The predicted molar refractivity (Wildman–Crippen MR) is 150 cm³/mol. The topological polar surface area (TPSA) is 82.4 Å². The van der Waals surface area contributed by atoms with Crippen molar-refractivity contribution in [2.24, 2.45) is 0 Å². The van der Waals surface area contributed by atoms with Crippen molar-refractivity contribution in [1.82, 2.24) is 25.1 Å². The van der Waals surface area contributed by atoms with E-state index in [4.69, 9.17) is 9.47 Å². The number of thioether (sulfide) groups is 1. The maximum atomic E-state index is 13.5. The molecule has 0 aliphatic carbocycles. The Balaban J connectivity index is 1.06. The number of carbonyl (C=O) groups excluding carboxylic acids is 1. The normalized spacial score (nSPS) is 20.0. The number of ether oxygens (including phenoxy) is 2. The van der Waals surface area contributed by atoms with E-state index in [1.54, 1.807) is 17.9 Å². The maximum Gasteiger partial charge on any atom is 0.416 e. The number of carbonyl (C=O) groups is 1. The number of alkyl halides is 3. The van der Waals surface area contributed by atoms with E-state index in [0.717, 1.165) is 42.0 Å². The molecule has 3 heterocycles. The van der Waals surface area contributed by atoms with E-state index in [1.165, 1.54) is 17.8 Å². The van der Waals surface area contributed by atoms with E-state index >= 15 is 0 Å². The lowest BCUT2D eigenvalue weighted by Gasteiger charge is -2.39. The van der Waals surface area contributed by atoms with Crippen LogP contribution in [0.15, 0.2) is 78.0 Å². The fraction of sp³-hybridized carbons (Fsp3) is 0.333. The van der Waals surface area contributed by atoms with Crippen LogP contribution in [-0.4, -0.2) is 56.3 Å². The maximum absolute atomic E-state index is 13.5. The van der Waals surface area contributed by atoms with Gasteiger partial charge in [0.15, 0.2) is 0 Å². The Bertz CT molecular complexity index is 1530. The first-order valence-corrected chi connectivity index (χ1v) is 14.6. The summed E-state index contributed by atoms with van der Waals surface area (Å²) in [6, 6.07) is 20.0. The molecule has 0 saturated carbocycles. The molecule has 2 saturated heterocycles. The highest BCUT2D eigenvalue weighted by atomic mass is 32.2. The van der Waals surface area contributed by atoms with E-state index in [2.05, 4.69) is 15.5 Å². The van der Waals surface area contributed by atoms with Gasteiger partial charge in [-0.15, -0.1) is 5.10 Å². The van der Waals surface area contributed by atoms with Gasteiger partial charge in [-0.3, -0.25) is 4.79 Å². The smallest absolute Gasteiger partial charge is 0.416 e. The molecule has 12 heteroatoms. The Hall–Kier alpha value is -4.06. The third-order valence-electron chi connectivity index (χ3n) is 7.72. The zero-order chi connectivity index (χ0) is 29.3. The number of halogens is 3. The van der Waals surface area contributed by atoms with Crippen LogP contribution < -0.4 is 9.47 Å². The Morgan fingerprint density at radius 3 is 2.36 bits per heavy atom. The third kappa shape index (κ3) is 5.94. The zero-order valence-electron chi connectivity index (χ0n) is 22.7. The summed E-state index contributed by atoms with van der Waals surface area (Å²) in [4.78, 5) is 15.4. The molecule has 1 aromatic heterocycles. The summed E-state index contributed by atoms with van der Waals surface area (Å²) in [7, 11) is 1.61. The van der Waals surface area contributed by atoms with Crippen molar-refractivity contribution in [3.8, 4) is 17.2 Å². The summed E-state index contributed by atoms with van der Waals surface area (Å²) in [5.41, 5.74) is 1.73. The third-order valence-corrected chi connectivity index (χ3v) is 8.71. The molecular formula is C30H28F3N5O3S. The monoisotopic (exact) mass is 595 g/mol. The minimum absolute atomic E-state index is 0.000836. The van der Waals surface area contributed by atoms with Crippen LogP contribution in [0.4, 0.5) is 13.2 Å². The molecule has 0 N–H and O–H groups in total. The Morgan fingerprint density at radius 2 is 1.69 bits per heavy atom. The zero-order valence-corrected chi connectivity index (χ0v) is 23.5. The van der Waals surface area contributed by atoms with Gasteiger partial charge in [-0.1, -0.05) is 30.0 Å². The van der Waals surface area contributed by atoms with Crippen molar-refractivity contribution in [3.63, 3.8) is 0 Å². The number of methoxy groups -OCH3 is 1. The number of nitrogens with zero attached hydrogens (tertiary/aromatic N) is 5. The summed E-state index contributed by atoms with van der Waals surface area (Å²) in [5, 5.41) is 12.7. The first-order valence-electron chi connectivity index (χ1n) is 13.6. The molecule has 2 unspecified atom stereocenters. The fourth-order valence-electron chi connectivity index (χ4n) is 5.69. The number of amides is 1. The van der Waals surface area contributed by atoms with Gasteiger partial charge in [0.05, 0.1) is 18.4 Å². The first kappa shape index (κ1) is 28.1. The molecule has 0 spiro atoms. The lowest BCUT2D eigenvalue weighted by atomic mass is 9.98. The van der Waals surface area contributed by atoms with E-state index in [-0.39, 0.29) is 29.8 Å². The highest BCUT2D eigenvalue weighted by molar-refractivity contribution is 7.98.